The van der Waals surface area contributed by atoms with Gasteiger partial charge in [-0.05, 0) is 75.9 Å². The lowest BCUT2D eigenvalue weighted by Gasteiger charge is -2.32. The van der Waals surface area contributed by atoms with Crippen LogP contribution in [0.15, 0.2) is 53.0 Å². The van der Waals surface area contributed by atoms with Gasteiger partial charge in [-0.3, -0.25) is 13.9 Å². The van der Waals surface area contributed by atoms with Crippen molar-refractivity contribution in [2.75, 3.05) is 17.1 Å². The summed E-state index contributed by atoms with van der Waals surface area (Å²) in [6.07, 6.45) is 2.47. The summed E-state index contributed by atoms with van der Waals surface area (Å²) in [5, 5.41) is 2.95. The van der Waals surface area contributed by atoms with Gasteiger partial charge in [0.1, 0.15) is 6.04 Å². The van der Waals surface area contributed by atoms with Gasteiger partial charge < -0.3 is 10.2 Å². The van der Waals surface area contributed by atoms with Crippen LogP contribution >= 0.6 is 15.9 Å². The molecule has 36 heavy (non-hydrogen) atoms. The molecular weight excluding hydrogens is 542 g/mol. The zero-order valence-electron chi connectivity index (χ0n) is 22.0. The van der Waals surface area contributed by atoms with Crippen molar-refractivity contribution in [1.82, 2.24) is 10.2 Å². The molecule has 0 aromatic heterocycles. The van der Waals surface area contributed by atoms with E-state index in [-0.39, 0.29) is 31.3 Å². The third-order valence-corrected chi connectivity index (χ3v) is 7.38. The number of carbonyl (C=O) groups excluding carboxylic acids is 2. The highest BCUT2D eigenvalue weighted by Crippen LogP contribution is 2.21. The number of rotatable bonds is 11. The van der Waals surface area contributed by atoms with Crippen LogP contribution in [-0.4, -0.2) is 49.5 Å². The third-order valence-electron chi connectivity index (χ3n) is 5.69. The first kappa shape index (κ1) is 29.8. The molecule has 1 N–H and O–H groups in total. The van der Waals surface area contributed by atoms with Crippen LogP contribution in [0.2, 0.25) is 0 Å². The summed E-state index contributed by atoms with van der Waals surface area (Å²) < 4.78 is 27.2. The molecule has 0 bridgehead atoms. The number of nitrogens with one attached hydrogen (secondary N) is 1. The van der Waals surface area contributed by atoms with Crippen molar-refractivity contribution in [1.29, 1.82) is 0 Å². The Bertz CT molecular complexity index is 1140. The summed E-state index contributed by atoms with van der Waals surface area (Å²) in [5.74, 6) is -0.444. The van der Waals surface area contributed by atoms with Gasteiger partial charge in [-0.2, -0.15) is 0 Å². The van der Waals surface area contributed by atoms with E-state index in [0.29, 0.717) is 12.1 Å². The molecule has 9 heteroatoms. The molecule has 2 aromatic rings. The fourth-order valence-electron chi connectivity index (χ4n) is 3.79. The molecule has 0 aliphatic carbocycles. The number of aryl methyl sites for hydroxylation is 1. The third kappa shape index (κ3) is 9.24. The molecule has 2 amide bonds. The largest absolute Gasteiger partial charge is 0.350 e. The second-order valence-electron chi connectivity index (χ2n) is 10.0. The fraction of sp³-hybridized carbons (Fsp3) is 0.481. The topological polar surface area (TPSA) is 86.8 Å². The number of carbonyl (C=O) groups is 2. The van der Waals surface area contributed by atoms with E-state index in [0.717, 1.165) is 22.0 Å². The van der Waals surface area contributed by atoms with Crippen molar-refractivity contribution in [2.45, 2.75) is 72.0 Å². The highest BCUT2D eigenvalue weighted by atomic mass is 79.9. The number of nitrogens with zero attached hydrogens (tertiary/aromatic N) is 2. The number of benzene rings is 2. The number of halogens is 1. The first-order chi connectivity index (χ1) is 16.7. The van der Waals surface area contributed by atoms with Gasteiger partial charge in [0.15, 0.2) is 0 Å². The molecule has 0 saturated heterocycles. The van der Waals surface area contributed by atoms with Gasteiger partial charge in [-0.1, -0.05) is 47.1 Å². The van der Waals surface area contributed by atoms with Gasteiger partial charge in [0.25, 0.3) is 0 Å². The minimum Gasteiger partial charge on any atom is -0.350 e. The molecule has 0 aliphatic heterocycles. The predicted molar refractivity (Wildman–Crippen MR) is 149 cm³/mol. The number of hydrogen-bond donors (Lipinski definition) is 1. The zero-order chi connectivity index (χ0) is 27.1. The van der Waals surface area contributed by atoms with Gasteiger partial charge in [-0.25, -0.2) is 8.42 Å². The van der Waals surface area contributed by atoms with Crippen LogP contribution in [-0.2, 0) is 32.6 Å². The van der Waals surface area contributed by atoms with Crippen molar-refractivity contribution in [3.05, 3.63) is 64.1 Å². The lowest BCUT2D eigenvalue weighted by molar-refractivity contribution is -0.141. The van der Waals surface area contributed by atoms with E-state index >= 15 is 0 Å². The molecule has 198 valence electrons. The highest BCUT2D eigenvalue weighted by Gasteiger charge is 2.28. The van der Waals surface area contributed by atoms with Crippen LogP contribution in [0.4, 0.5) is 5.69 Å². The summed E-state index contributed by atoms with van der Waals surface area (Å²) in [5.41, 5.74) is 2.15. The Balaban J connectivity index is 2.18. The summed E-state index contributed by atoms with van der Waals surface area (Å²) in [6.45, 7) is 9.88. The van der Waals surface area contributed by atoms with Crippen LogP contribution in [0.25, 0.3) is 0 Å². The Kier molecular flexibility index (Phi) is 10.5. The van der Waals surface area contributed by atoms with Gasteiger partial charge in [0.2, 0.25) is 21.8 Å². The summed E-state index contributed by atoms with van der Waals surface area (Å²) >= 11 is 3.46. The minimum atomic E-state index is -3.52. The van der Waals surface area contributed by atoms with E-state index < -0.39 is 21.6 Å². The zero-order valence-corrected chi connectivity index (χ0v) is 24.4. The molecule has 2 rings (SSSR count). The number of hydrogen-bond acceptors (Lipinski definition) is 4. The molecule has 2 aromatic carbocycles. The van der Waals surface area contributed by atoms with E-state index in [2.05, 4.69) is 21.2 Å². The average molecular weight is 581 g/mol. The SMILES string of the molecule is CCc1ccc(N(CCCC(=O)N(Cc2cccc(Br)c2)C(C)C(=O)NC(C)(C)C)S(C)(=O)=O)cc1. The van der Waals surface area contributed by atoms with Crippen LogP contribution < -0.4 is 9.62 Å². The fourth-order valence-corrected chi connectivity index (χ4v) is 5.20. The first-order valence-corrected chi connectivity index (χ1v) is 14.8. The molecule has 0 saturated carbocycles. The van der Waals surface area contributed by atoms with Crippen molar-refractivity contribution >= 4 is 43.5 Å². The van der Waals surface area contributed by atoms with E-state index in [1.165, 1.54) is 10.6 Å². The second kappa shape index (κ2) is 12.7. The standard InChI is InChI=1S/C27H38BrN3O4S/c1-7-21-13-15-24(16-14-21)31(36(6,34)35)17-9-12-25(32)30(19-22-10-8-11-23(28)18-22)20(2)26(33)29-27(3,4)5/h8,10-11,13-16,18,20H,7,9,12,17,19H2,1-6H3,(H,29,33). The Morgan fingerprint density at radius 1 is 1.06 bits per heavy atom. The smallest absolute Gasteiger partial charge is 0.242 e. The van der Waals surface area contributed by atoms with E-state index in [1.54, 1.807) is 24.0 Å². The Labute approximate surface area is 224 Å². The van der Waals surface area contributed by atoms with Gasteiger partial charge in [-0.15, -0.1) is 0 Å². The molecule has 0 radical (unpaired) electrons. The van der Waals surface area contributed by atoms with Crippen molar-refractivity contribution in [3.63, 3.8) is 0 Å². The Hall–Kier alpha value is -2.39. The van der Waals surface area contributed by atoms with E-state index in [9.17, 15) is 18.0 Å². The van der Waals surface area contributed by atoms with Crippen LogP contribution in [0.3, 0.4) is 0 Å². The quantitative estimate of drug-likeness (QED) is 0.410. The lowest BCUT2D eigenvalue weighted by atomic mass is 10.1. The maximum atomic E-state index is 13.4. The normalized spacial score (nSPS) is 12.6. The summed E-state index contributed by atoms with van der Waals surface area (Å²) in [6, 6.07) is 14.3. The maximum absolute atomic E-state index is 13.4. The molecule has 0 fully saturated rings. The van der Waals surface area contributed by atoms with E-state index in [1.807, 2.05) is 64.1 Å². The lowest BCUT2D eigenvalue weighted by Crippen LogP contribution is -2.52. The Morgan fingerprint density at radius 3 is 2.22 bits per heavy atom. The average Bonchev–Trinajstić information content (AvgIpc) is 2.78. The van der Waals surface area contributed by atoms with Crippen molar-refractivity contribution < 1.29 is 18.0 Å². The predicted octanol–water partition coefficient (Wildman–Crippen LogP) is 4.89. The Morgan fingerprint density at radius 2 is 1.69 bits per heavy atom. The maximum Gasteiger partial charge on any atom is 0.242 e. The first-order valence-electron chi connectivity index (χ1n) is 12.1. The highest BCUT2D eigenvalue weighted by molar-refractivity contribution is 9.10. The molecule has 0 aliphatic rings. The van der Waals surface area contributed by atoms with Gasteiger partial charge >= 0.3 is 0 Å². The van der Waals surface area contributed by atoms with Crippen molar-refractivity contribution in [2.24, 2.45) is 0 Å². The van der Waals surface area contributed by atoms with Crippen LogP contribution in [0.1, 0.15) is 58.6 Å². The van der Waals surface area contributed by atoms with Gasteiger partial charge in [0.05, 0.1) is 11.9 Å². The number of anilines is 1. The van der Waals surface area contributed by atoms with Crippen LogP contribution in [0.5, 0.6) is 0 Å². The molecule has 1 atom stereocenters. The second-order valence-corrected chi connectivity index (χ2v) is 12.8. The van der Waals surface area contributed by atoms with Crippen LogP contribution in [0, 0.1) is 0 Å². The molecule has 0 heterocycles. The van der Waals surface area contributed by atoms with E-state index in [4.69, 9.17) is 0 Å². The summed E-state index contributed by atoms with van der Waals surface area (Å²) in [7, 11) is -3.52. The van der Waals surface area contributed by atoms with Crippen molar-refractivity contribution in [3.8, 4) is 0 Å². The monoisotopic (exact) mass is 579 g/mol. The van der Waals surface area contributed by atoms with Gasteiger partial charge in [0, 0.05) is 29.5 Å². The molecule has 1 unspecified atom stereocenters. The molecular formula is C27H38BrN3O4S. The summed E-state index contributed by atoms with van der Waals surface area (Å²) in [4.78, 5) is 27.8. The number of sulfonamides is 1. The minimum absolute atomic E-state index is 0.111. The number of amides is 2. The molecule has 0 spiro atoms. The molecule has 7 nitrogen and oxygen atoms in total.